The number of rotatable bonds is 5. The van der Waals surface area contributed by atoms with Crippen molar-refractivity contribution < 1.29 is 13.9 Å². The molecule has 2 aromatic carbocycles. The molecule has 3 rings (SSSR count). The predicted molar refractivity (Wildman–Crippen MR) is 95.2 cm³/mol. The maximum absolute atomic E-state index is 13.8. The Morgan fingerprint density at radius 3 is 2.72 bits per heavy atom. The van der Waals surface area contributed by atoms with Crippen molar-refractivity contribution in [1.82, 2.24) is 10.6 Å². The smallest absolute Gasteiger partial charge is 0.315 e. The molecule has 0 radical (unpaired) electrons. The lowest BCUT2D eigenvalue weighted by Gasteiger charge is -2.21. The minimum absolute atomic E-state index is 0.0840. The summed E-state index contributed by atoms with van der Waals surface area (Å²) < 4.78 is 19.0. The molecule has 2 N–H and O–H groups in total. The van der Waals surface area contributed by atoms with Crippen LogP contribution >= 0.6 is 0 Å². The van der Waals surface area contributed by atoms with Crippen LogP contribution in [0.15, 0.2) is 42.5 Å². The van der Waals surface area contributed by atoms with Crippen LogP contribution < -0.4 is 15.4 Å². The fraction of sp³-hybridized carbons (Fsp3) is 0.350. The van der Waals surface area contributed by atoms with Crippen molar-refractivity contribution in [3.05, 3.63) is 65.0 Å². The van der Waals surface area contributed by atoms with Crippen LogP contribution in [0.5, 0.6) is 5.75 Å². The van der Waals surface area contributed by atoms with Crippen molar-refractivity contribution in [2.45, 2.75) is 38.3 Å². The summed E-state index contributed by atoms with van der Waals surface area (Å²) in [6, 6.07) is 12.3. The molecule has 1 aliphatic rings. The third-order valence-corrected chi connectivity index (χ3v) is 4.75. The number of hydrogen-bond donors (Lipinski definition) is 2. The van der Waals surface area contributed by atoms with Crippen LogP contribution in [0.2, 0.25) is 0 Å². The van der Waals surface area contributed by atoms with E-state index in [0.717, 1.165) is 35.3 Å². The Morgan fingerprint density at radius 1 is 1.28 bits per heavy atom. The lowest BCUT2D eigenvalue weighted by atomic mass is 10.0. The Hall–Kier alpha value is -2.56. The molecule has 25 heavy (non-hydrogen) atoms. The summed E-state index contributed by atoms with van der Waals surface area (Å²) >= 11 is 0. The molecule has 0 spiro atoms. The highest BCUT2D eigenvalue weighted by molar-refractivity contribution is 5.75. The minimum Gasteiger partial charge on any atom is -0.497 e. The molecule has 0 fully saturated rings. The first-order valence-corrected chi connectivity index (χ1v) is 8.60. The van der Waals surface area contributed by atoms with E-state index in [1.165, 1.54) is 6.07 Å². The molecule has 0 aliphatic heterocycles. The first-order chi connectivity index (χ1) is 12.1. The normalized spacial score (nSPS) is 16.8. The van der Waals surface area contributed by atoms with Crippen LogP contribution in [0.1, 0.15) is 48.5 Å². The van der Waals surface area contributed by atoms with Crippen molar-refractivity contribution >= 4 is 6.03 Å². The highest BCUT2D eigenvalue weighted by atomic mass is 19.1. The Morgan fingerprint density at radius 2 is 2.04 bits per heavy atom. The first kappa shape index (κ1) is 17.3. The number of nitrogens with one attached hydrogen (secondary N) is 2. The zero-order valence-corrected chi connectivity index (χ0v) is 14.5. The van der Waals surface area contributed by atoms with Crippen LogP contribution in [-0.4, -0.2) is 13.1 Å². The Labute approximate surface area is 147 Å². The van der Waals surface area contributed by atoms with E-state index in [-0.39, 0.29) is 23.9 Å². The van der Waals surface area contributed by atoms with Crippen LogP contribution in [0, 0.1) is 5.82 Å². The van der Waals surface area contributed by atoms with Crippen LogP contribution in [-0.2, 0) is 6.42 Å². The number of methoxy groups -OCH3 is 1. The van der Waals surface area contributed by atoms with Crippen molar-refractivity contribution in [1.29, 1.82) is 0 Å². The molecule has 0 aromatic heterocycles. The van der Waals surface area contributed by atoms with E-state index in [4.69, 9.17) is 4.74 Å². The Balaban J connectivity index is 1.65. The topological polar surface area (TPSA) is 50.4 Å². The van der Waals surface area contributed by atoms with E-state index >= 15 is 0 Å². The summed E-state index contributed by atoms with van der Waals surface area (Å²) in [5.41, 5.74) is 2.62. The lowest BCUT2D eigenvalue weighted by molar-refractivity contribution is 0.232. The van der Waals surface area contributed by atoms with Crippen molar-refractivity contribution in [3.8, 4) is 5.75 Å². The standard InChI is InChI=1S/C20H23FN2O2/c1-3-18(13-7-9-14(25-2)10-8-13)22-20(24)23-19-12-11-15-16(19)5-4-6-17(15)21/h4-10,18-19H,3,11-12H2,1-2H3,(H2,22,23,24). The molecule has 2 aromatic rings. The van der Waals surface area contributed by atoms with Crippen LogP contribution in [0.4, 0.5) is 9.18 Å². The third kappa shape index (κ3) is 3.76. The Kier molecular flexibility index (Phi) is 5.22. The zero-order valence-electron chi connectivity index (χ0n) is 14.5. The lowest BCUT2D eigenvalue weighted by Crippen LogP contribution is -2.39. The highest BCUT2D eigenvalue weighted by Crippen LogP contribution is 2.32. The summed E-state index contributed by atoms with van der Waals surface area (Å²) in [6.45, 7) is 2.02. The van der Waals surface area contributed by atoms with Gasteiger partial charge >= 0.3 is 6.03 Å². The number of benzene rings is 2. The molecular formula is C20H23FN2O2. The van der Waals surface area contributed by atoms with E-state index < -0.39 is 0 Å². The number of hydrogen-bond acceptors (Lipinski definition) is 2. The molecule has 5 heteroatoms. The van der Waals surface area contributed by atoms with E-state index in [2.05, 4.69) is 10.6 Å². The van der Waals surface area contributed by atoms with Gasteiger partial charge in [-0.15, -0.1) is 0 Å². The average Bonchev–Trinajstić information content (AvgIpc) is 3.04. The summed E-state index contributed by atoms with van der Waals surface area (Å²) in [6.07, 6.45) is 2.15. The molecule has 1 aliphatic carbocycles. The van der Waals surface area contributed by atoms with Gasteiger partial charge < -0.3 is 15.4 Å². The van der Waals surface area contributed by atoms with Gasteiger partial charge in [-0.3, -0.25) is 0 Å². The van der Waals surface area contributed by atoms with Crippen molar-refractivity contribution in [2.75, 3.05) is 7.11 Å². The number of amides is 2. The maximum atomic E-state index is 13.8. The number of carbonyl (C=O) groups is 1. The predicted octanol–water partition coefficient (Wildman–Crippen LogP) is 4.27. The first-order valence-electron chi connectivity index (χ1n) is 8.60. The molecule has 0 heterocycles. The van der Waals surface area contributed by atoms with E-state index in [1.54, 1.807) is 13.2 Å². The number of urea groups is 1. The van der Waals surface area contributed by atoms with Gasteiger partial charge in [0.15, 0.2) is 0 Å². The van der Waals surface area contributed by atoms with Crippen LogP contribution in [0.25, 0.3) is 0 Å². The second kappa shape index (κ2) is 7.55. The molecule has 0 saturated carbocycles. The molecule has 132 valence electrons. The van der Waals surface area contributed by atoms with E-state index in [1.807, 2.05) is 37.3 Å². The van der Waals surface area contributed by atoms with Gasteiger partial charge in [-0.05, 0) is 54.2 Å². The SMILES string of the molecule is CCC(NC(=O)NC1CCc2c(F)cccc21)c1ccc(OC)cc1. The van der Waals surface area contributed by atoms with Gasteiger partial charge in [0.05, 0.1) is 19.2 Å². The van der Waals surface area contributed by atoms with Gasteiger partial charge in [0.2, 0.25) is 0 Å². The zero-order chi connectivity index (χ0) is 17.8. The maximum Gasteiger partial charge on any atom is 0.315 e. The van der Waals surface area contributed by atoms with Crippen LogP contribution in [0.3, 0.4) is 0 Å². The number of halogens is 1. The molecule has 0 bridgehead atoms. The molecule has 2 amide bonds. The molecule has 4 nitrogen and oxygen atoms in total. The third-order valence-electron chi connectivity index (χ3n) is 4.75. The molecule has 2 unspecified atom stereocenters. The summed E-state index contributed by atoms with van der Waals surface area (Å²) in [5, 5.41) is 5.99. The fourth-order valence-electron chi connectivity index (χ4n) is 3.38. The molecule has 0 saturated heterocycles. The summed E-state index contributed by atoms with van der Waals surface area (Å²) in [4.78, 5) is 12.4. The van der Waals surface area contributed by atoms with Gasteiger partial charge in [0.25, 0.3) is 0 Å². The average molecular weight is 342 g/mol. The second-order valence-corrected chi connectivity index (χ2v) is 6.25. The summed E-state index contributed by atoms with van der Waals surface area (Å²) in [7, 11) is 1.63. The number of ether oxygens (including phenoxy) is 1. The van der Waals surface area contributed by atoms with Gasteiger partial charge in [-0.1, -0.05) is 31.2 Å². The van der Waals surface area contributed by atoms with E-state index in [9.17, 15) is 9.18 Å². The Bertz CT molecular complexity index is 746. The number of carbonyl (C=O) groups excluding carboxylic acids is 1. The monoisotopic (exact) mass is 342 g/mol. The van der Waals surface area contributed by atoms with Crippen molar-refractivity contribution in [2.24, 2.45) is 0 Å². The molecule has 2 atom stereocenters. The second-order valence-electron chi connectivity index (χ2n) is 6.25. The largest absolute Gasteiger partial charge is 0.497 e. The van der Waals surface area contributed by atoms with Crippen molar-refractivity contribution in [3.63, 3.8) is 0 Å². The van der Waals surface area contributed by atoms with Gasteiger partial charge in [-0.25, -0.2) is 9.18 Å². The van der Waals surface area contributed by atoms with Gasteiger partial charge in [0.1, 0.15) is 11.6 Å². The fourth-order valence-corrected chi connectivity index (χ4v) is 3.38. The summed E-state index contributed by atoms with van der Waals surface area (Å²) in [5.74, 6) is 0.597. The molecular weight excluding hydrogens is 319 g/mol. The number of fused-ring (bicyclic) bond motifs is 1. The van der Waals surface area contributed by atoms with E-state index in [0.29, 0.717) is 6.42 Å². The highest BCUT2D eigenvalue weighted by Gasteiger charge is 2.26. The van der Waals surface area contributed by atoms with Gasteiger partial charge in [0, 0.05) is 0 Å². The minimum atomic E-state index is -0.232. The quantitative estimate of drug-likeness (QED) is 0.852. The van der Waals surface area contributed by atoms with Gasteiger partial charge in [-0.2, -0.15) is 0 Å².